The third kappa shape index (κ3) is 3.62. The van der Waals surface area contributed by atoms with Crippen LogP contribution in [0.1, 0.15) is 11.1 Å². The van der Waals surface area contributed by atoms with Gasteiger partial charge < -0.3 is 15.2 Å². The third-order valence-electron chi connectivity index (χ3n) is 2.73. The van der Waals surface area contributed by atoms with Crippen LogP contribution in [0.15, 0.2) is 42.5 Å². The van der Waals surface area contributed by atoms with Gasteiger partial charge in [-0.2, -0.15) is 0 Å². The van der Waals surface area contributed by atoms with Gasteiger partial charge in [0.15, 0.2) is 0 Å². The van der Waals surface area contributed by atoms with Crippen LogP contribution < -0.4 is 15.2 Å². The molecular weight excluding hydrogens is 294 g/mol. The molecule has 0 spiro atoms. The number of hydrogen-bond donors (Lipinski definition) is 1. The Morgan fingerprint density at radius 3 is 2.70 bits per heavy atom. The molecule has 0 atom stereocenters. The molecule has 3 nitrogen and oxygen atoms in total. The lowest BCUT2D eigenvalue weighted by molar-refractivity contribution is 0.306. The molecule has 0 aromatic heterocycles. The Labute approximate surface area is 128 Å². The molecule has 0 saturated heterocycles. The van der Waals surface area contributed by atoms with Gasteiger partial charge in [-0.3, -0.25) is 0 Å². The fourth-order valence-corrected chi connectivity index (χ4v) is 2.10. The molecule has 5 heteroatoms. The number of hydrogen-bond acceptors (Lipinski definition) is 3. The second kappa shape index (κ2) is 6.59. The van der Waals surface area contributed by atoms with Crippen LogP contribution in [0.2, 0.25) is 5.02 Å². The molecular formula is C15H14ClNO2S. The van der Waals surface area contributed by atoms with E-state index in [2.05, 4.69) is 0 Å². The first-order valence-electron chi connectivity index (χ1n) is 5.95. The monoisotopic (exact) mass is 307 g/mol. The van der Waals surface area contributed by atoms with Crippen molar-refractivity contribution >= 4 is 28.8 Å². The molecule has 2 N–H and O–H groups in total. The van der Waals surface area contributed by atoms with Crippen molar-refractivity contribution in [2.75, 3.05) is 7.11 Å². The highest BCUT2D eigenvalue weighted by atomic mass is 35.5. The van der Waals surface area contributed by atoms with Crippen molar-refractivity contribution < 1.29 is 9.47 Å². The number of rotatable bonds is 5. The second-order valence-corrected chi connectivity index (χ2v) is 5.02. The van der Waals surface area contributed by atoms with Crippen molar-refractivity contribution in [3.63, 3.8) is 0 Å². The zero-order valence-corrected chi connectivity index (χ0v) is 12.5. The average Bonchev–Trinajstić information content (AvgIpc) is 2.45. The Bertz CT molecular complexity index is 631. The zero-order chi connectivity index (χ0) is 14.5. The van der Waals surface area contributed by atoms with Gasteiger partial charge in [0.1, 0.15) is 23.1 Å². The summed E-state index contributed by atoms with van der Waals surface area (Å²) in [4.78, 5) is 0.298. The Morgan fingerprint density at radius 2 is 2.05 bits per heavy atom. The maximum absolute atomic E-state index is 5.90. The largest absolute Gasteiger partial charge is 0.496 e. The van der Waals surface area contributed by atoms with Gasteiger partial charge in [0, 0.05) is 5.02 Å². The van der Waals surface area contributed by atoms with Crippen molar-refractivity contribution in [2.45, 2.75) is 6.61 Å². The highest BCUT2D eigenvalue weighted by molar-refractivity contribution is 7.80. The summed E-state index contributed by atoms with van der Waals surface area (Å²) in [5.74, 6) is 1.37. The van der Waals surface area contributed by atoms with Crippen LogP contribution in [0.25, 0.3) is 0 Å². The molecule has 0 radical (unpaired) electrons. The summed E-state index contributed by atoms with van der Waals surface area (Å²) in [6, 6.07) is 12.9. The van der Waals surface area contributed by atoms with Crippen molar-refractivity contribution in [1.29, 1.82) is 0 Å². The van der Waals surface area contributed by atoms with Crippen LogP contribution in [0, 0.1) is 0 Å². The van der Waals surface area contributed by atoms with E-state index >= 15 is 0 Å². The second-order valence-electron chi connectivity index (χ2n) is 4.14. The van der Waals surface area contributed by atoms with Gasteiger partial charge in [-0.25, -0.2) is 0 Å². The van der Waals surface area contributed by atoms with Gasteiger partial charge in [-0.05, 0) is 35.9 Å². The number of ether oxygens (including phenoxy) is 2. The standard InChI is InChI=1S/C15H14ClNO2S/c1-18-14-6-5-10(7-13(14)15(17)20)9-19-12-4-2-3-11(16)8-12/h2-8H,9H2,1H3,(H2,17,20). The number of methoxy groups -OCH3 is 1. The maximum atomic E-state index is 5.90. The van der Waals surface area contributed by atoms with Crippen LogP contribution in [-0.4, -0.2) is 12.1 Å². The summed E-state index contributed by atoms with van der Waals surface area (Å²) in [7, 11) is 1.58. The van der Waals surface area contributed by atoms with Gasteiger partial charge >= 0.3 is 0 Å². The molecule has 2 aromatic carbocycles. The van der Waals surface area contributed by atoms with E-state index in [9.17, 15) is 0 Å². The normalized spacial score (nSPS) is 10.1. The zero-order valence-electron chi connectivity index (χ0n) is 10.9. The van der Waals surface area contributed by atoms with E-state index in [1.807, 2.05) is 30.3 Å². The first kappa shape index (κ1) is 14.6. The Hall–Kier alpha value is -1.78. The molecule has 0 aliphatic rings. The predicted molar refractivity (Wildman–Crippen MR) is 84.7 cm³/mol. The molecule has 2 aromatic rings. The van der Waals surface area contributed by atoms with E-state index in [0.29, 0.717) is 33.7 Å². The summed E-state index contributed by atoms with van der Waals surface area (Å²) in [6.07, 6.45) is 0. The molecule has 0 heterocycles. The lowest BCUT2D eigenvalue weighted by Gasteiger charge is -2.11. The molecule has 104 valence electrons. The maximum Gasteiger partial charge on any atom is 0.129 e. The average molecular weight is 308 g/mol. The quantitative estimate of drug-likeness (QED) is 0.858. The van der Waals surface area contributed by atoms with Crippen LogP contribution in [-0.2, 0) is 6.61 Å². The first-order valence-corrected chi connectivity index (χ1v) is 6.74. The summed E-state index contributed by atoms with van der Waals surface area (Å²) in [6.45, 7) is 0.403. The molecule has 2 rings (SSSR count). The van der Waals surface area contributed by atoms with Crippen molar-refractivity contribution in [1.82, 2.24) is 0 Å². The number of thiocarbonyl (C=S) groups is 1. The van der Waals surface area contributed by atoms with E-state index in [-0.39, 0.29) is 0 Å². The number of benzene rings is 2. The van der Waals surface area contributed by atoms with Crippen molar-refractivity contribution in [3.05, 3.63) is 58.6 Å². The van der Waals surface area contributed by atoms with Crippen molar-refractivity contribution in [2.24, 2.45) is 5.73 Å². The lowest BCUT2D eigenvalue weighted by atomic mass is 10.1. The molecule has 20 heavy (non-hydrogen) atoms. The molecule has 0 aliphatic heterocycles. The third-order valence-corrected chi connectivity index (χ3v) is 3.19. The topological polar surface area (TPSA) is 44.5 Å². The van der Waals surface area contributed by atoms with Gasteiger partial charge in [-0.15, -0.1) is 0 Å². The number of halogens is 1. The van der Waals surface area contributed by atoms with Gasteiger partial charge in [-0.1, -0.05) is 36.0 Å². The molecule has 0 saturated carbocycles. The predicted octanol–water partition coefficient (Wildman–Crippen LogP) is 3.56. The minimum atomic E-state index is 0.298. The molecule has 0 unspecified atom stereocenters. The Morgan fingerprint density at radius 1 is 1.25 bits per heavy atom. The van der Waals surface area contributed by atoms with Crippen LogP contribution in [0.5, 0.6) is 11.5 Å². The Kier molecular flexibility index (Phi) is 4.82. The molecule has 0 bridgehead atoms. The van der Waals surface area contributed by atoms with E-state index in [1.54, 1.807) is 19.2 Å². The summed E-state index contributed by atoms with van der Waals surface area (Å²) in [5, 5.41) is 0.640. The van der Waals surface area contributed by atoms with Crippen LogP contribution >= 0.6 is 23.8 Å². The van der Waals surface area contributed by atoms with Gasteiger partial charge in [0.2, 0.25) is 0 Å². The van der Waals surface area contributed by atoms with Crippen LogP contribution in [0.4, 0.5) is 0 Å². The summed E-state index contributed by atoms with van der Waals surface area (Å²) >= 11 is 10.9. The smallest absolute Gasteiger partial charge is 0.129 e. The highest BCUT2D eigenvalue weighted by Crippen LogP contribution is 2.22. The van der Waals surface area contributed by atoms with E-state index in [1.165, 1.54) is 0 Å². The van der Waals surface area contributed by atoms with Crippen LogP contribution in [0.3, 0.4) is 0 Å². The molecule has 0 aliphatic carbocycles. The van der Waals surface area contributed by atoms with E-state index in [4.69, 9.17) is 39.0 Å². The summed E-state index contributed by atoms with van der Waals surface area (Å²) < 4.78 is 10.9. The lowest BCUT2D eigenvalue weighted by Crippen LogP contribution is -2.11. The SMILES string of the molecule is COc1ccc(COc2cccc(Cl)c2)cc1C(N)=S. The van der Waals surface area contributed by atoms with Gasteiger partial charge in [0.25, 0.3) is 0 Å². The highest BCUT2D eigenvalue weighted by Gasteiger charge is 2.07. The molecule has 0 fully saturated rings. The number of nitrogens with two attached hydrogens (primary N) is 1. The molecule has 0 amide bonds. The Balaban J connectivity index is 2.14. The summed E-state index contributed by atoms with van der Waals surface area (Å²) in [5.41, 5.74) is 7.34. The van der Waals surface area contributed by atoms with E-state index < -0.39 is 0 Å². The van der Waals surface area contributed by atoms with E-state index in [0.717, 1.165) is 5.56 Å². The van der Waals surface area contributed by atoms with Crippen molar-refractivity contribution in [3.8, 4) is 11.5 Å². The van der Waals surface area contributed by atoms with Gasteiger partial charge in [0.05, 0.1) is 12.7 Å². The first-order chi connectivity index (χ1) is 9.60. The minimum Gasteiger partial charge on any atom is -0.496 e. The minimum absolute atomic E-state index is 0.298. The fraction of sp³-hybridized carbons (Fsp3) is 0.133. The fourth-order valence-electron chi connectivity index (χ4n) is 1.76.